The van der Waals surface area contributed by atoms with Crippen LogP contribution in [0, 0.1) is 5.92 Å². The maximum Gasteiger partial charge on any atom is 0.330 e. The van der Waals surface area contributed by atoms with Crippen LogP contribution < -0.4 is 16.0 Å². The number of ether oxygens (including phenoxy) is 6. The summed E-state index contributed by atoms with van der Waals surface area (Å²) in [6.45, 7) is 7.13. The lowest BCUT2D eigenvalue weighted by atomic mass is 9.87. The van der Waals surface area contributed by atoms with Gasteiger partial charge in [0.1, 0.15) is 5.78 Å². The van der Waals surface area contributed by atoms with Crippen LogP contribution in [0.1, 0.15) is 63.5 Å². The molecule has 1 saturated carbocycles. The van der Waals surface area contributed by atoms with Crippen LogP contribution in [0.3, 0.4) is 0 Å². The minimum atomic E-state index is -3.68. The molecule has 2 atom stereocenters. The number of rotatable bonds is 33. The molecular formula is C40H69N4O13P. The van der Waals surface area contributed by atoms with Crippen molar-refractivity contribution in [2.24, 2.45) is 5.92 Å². The molecule has 0 spiro atoms. The second kappa shape index (κ2) is 30.2. The molecule has 1 aromatic carbocycles. The molecule has 4 N–H and O–H groups in total. The van der Waals surface area contributed by atoms with E-state index in [1.807, 2.05) is 24.3 Å². The number of nitrogens with zero attached hydrogens (tertiary/aromatic N) is 1. The van der Waals surface area contributed by atoms with Gasteiger partial charge in [-0.05, 0) is 49.7 Å². The van der Waals surface area contributed by atoms with Crippen LogP contribution in [0.25, 0.3) is 0 Å². The van der Waals surface area contributed by atoms with Gasteiger partial charge >= 0.3 is 7.60 Å². The van der Waals surface area contributed by atoms with Crippen LogP contribution in [-0.2, 0) is 69.7 Å². The number of Topliss-reactive ketones (excluding diaryl/α,β-unsaturated/α-hetero) is 1. The Labute approximate surface area is 344 Å². The fourth-order valence-corrected chi connectivity index (χ4v) is 6.94. The zero-order valence-electron chi connectivity index (χ0n) is 35.2. The molecule has 332 valence electrons. The van der Waals surface area contributed by atoms with Crippen LogP contribution in [0.4, 0.5) is 0 Å². The van der Waals surface area contributed by atoms with Gasteiger partial charge in [-0.2, -0.15) is 0 Å². The van der Waals surface area contributed by atoms with Crippen molar-refractivity contribution in [2.75, 3.05) is 107 Å². The van der Waals surface area contributed by atoms with Crippen molar-refractivity contribution in [1.29, 1.82) is 0 Å². The van der Waals surface area contributed by atoms with Crippen LogP contribution in [0.5, 0.6) is 0 Å². The van der Waals surface area contributed by atoms with Gasteiger partial charge in [-0.25, -0.2) is 0 Å². The van der Waals surface area contributed by atoms with Crippen LogP contribution in [0.15, 0.2) is 24.3 Å². The third-order valence-electron chi connectivity index (χ3n) is 9.54. The summed E-state index contributed by atoms with van der Waals surface area (Å²) in [6, 6.07) is 6.61. The third kappa shape index (κ3) is 22.0. The topological polar surface area (TPSA) is 210 Å². The van der Waals surface area contributed by atoms with Gasteiger partial charge in [0.2, 0.25) is 17.7 Å². The van der Waals surface area contributed by atoms with E-state index in [1.165, 1.54) is 0 Å². The highest BCUT2D eigenvalue weighted by atomic mass is 31.2. The molecule has 0 saturated heterocycles. The highest BCUT2D eigenvalue weighted by Crippen LogP contribution is 2.50. The van der Waals surface area contributed by atoms with Gasteiger partial charge < -0.3 is 53.8 Å². The van der Waals surface area contributed by atoms with Gasteiger partial charge in [-0.3, -0.25) is 28.6 Å². The molecule has 0 bridgehead atoms. The number of hydrogen-bond donors (Lipinski definition) is 4. The molecule has 0 heterocycles. The number of ketones is 1. The lowest BCUT2D eigenvalue weighted by Gasteiger charge is -2.30. The Morgan fingerprint density at radius 1 is 0.741 bits per heavy atom. The molecule has 1 aliphatic carbocycles. The maximum atomic E-state index is 13.9. The van der Waals surface area contributed by atoms with Gasteiger partial charge in [-0.1, -0.05) is 38.1 Å². The number of methoxy groups -OCH3 is 3. The number of carbonyl (C=O) groups is 4. The zero-order chi connectivity index (χ0) is 42.6. The Hall–Kier alpha value is -2.83. The van der Waals surface area contributed by atoms with E-state index in [0.29, 0.717) is 84.9 Å². The molecular weight excluding hydrogens is 775 g/mol. The Kier molecular flexibility index (Phi) is 26.7. The molecule has 0 aliphatic heterocycles. The molecule has 18 heteroatoms. The van der Waals surface area contributed by atoms with Crippen molar-refractivity contribution in [3.05, 3.63) is 35.4 Å². The largest absolute Gasteiger partial charge is 0.382 e. The van der Waals surface area contributed by atoms with Crippen molar-refractivity contribution in [3.8, 4) is 0 Å². The van der Waals surface area contributed by atoms with Gasteiger partial charge in [0, 0.05) is 59.9 Å². The standard InChI is InChI=1S/C40H69N4O13P/c1-31(2)58(49,50)57-36-14-12-34(13-15-36)39(47)43-28-33-10-8-32(9-11-33)27-37(40(48)42-17-20-56-26-23-53-5)44(29-35(45)7-6-18-54-24-21-51-3)30-38(46)41-16-19-55-25-22-52-4/h8-11,31,34,36-37H,6-7,12-30H2,1-5H3,(H,41,46)(H,42,48)(H,43,47)(H,49,50)/t34?,36?,37-/m1/s1. The van der Waals surface area contributed by atoms with Crippen molar-refractivity contribution < 1.29 is 61.6 Å². The zero-order valence-corrected chi connectivity index (χ0v) is 36.1. The van der Waals surface area contributed by atoms with E-state index in [-0.39, 0.29) is 87.8 Å². The summed E-state index contributed by atoms with van der Waals surface area (Å²) in [5.74, 6) is -1.14. The van der Waals surface area contributed by atoms with Crippen molar-refractivity contribution >= 4 is 31.1 Å². The van der Waals surface area contributed by atoms with E-state index < -0.39 is 19.3 Å². The van der Waals surface area contributed by atoms with E-state index in [4.69, 9.17) is 32.9 Å². The Morgan fingerprint density at radius 2 is 1.29 bits per heavy atom. The summed E-state index contributed by atoms with van der Waals surface area (Å²) in [5, 5.41) is 8.73. The normalized spacial score (nSPS) is 17.2. The van der Waals surface area contributed by atoms with Crippen molar-refractivity contribution in [1.82, 2.24) is 20.9 Å². The first-order valence-corrected chi connectivity index (χ1v) is 21.9. The van der Waals surface area contributed by atoms with E-state index >= 15 is 0 Å². The summed E-state index contributed by atoms with van der Waals surface area (Å²) >= 11 is 0. The molecule has 0 aromatic heterocycles. The second-order valence-corrected chi connectivity index (χ2v) is 16.9. The van der Waals surface area contributed by atoms with Crippen molar-refractivity contribution in [2.45, 2.75) is 83.1 Å². The fourth-order valence-electron chi connectivity index (χ4n) is 6.06. The van der Waals surface area contributed by atoms with Crippen LogP contribution >= 0.6 is 7.60 Å². The number of nitrogens with one attached hydrogen (secondary N) is 3. The maximum absolute atomic E-state index is 13.9. The highest BCUT2D eigenvalue weighted by molar-refractivity contribution is 7.53. The van der Waals surface area contributed by atoms with E-state index in [0.717, 1.165) is 11.1 Å². The minimum Gasteiger partial charge on any atom is -0.382 e. The van der Waals surface area contributed by atoms with Crippen LogP contribution in [0.2, 0.25) is 0 Å². The van der Waals surface area contributed by atoms with E-state index in [1.54, 1.807) is 40.1 Å². The molecule has 1 unspecified atom stereocenters. The predicted molar refractivity (Wildman–Crippen MR) is 217 cm³/mol. The van der Waals surface area contributed by atoms with Crippen molar-refractivity contribution in [3.63, 3.8) is 0 Å². The molecule has 2 rings (SSSR count). The summed E-state index contributed by atoms with van der Waals surface area (Å²) in [6.07, 6.45) is 2.76. The molecule has 1 aliphatic rings. The first-order chi connectivity index (χ1) is 27.9. The first kappa shape index (κ1) is 51.3. The molecule has 0 radical (unpaired) electrons. The van der Waals surface area contributed by atoms with Gasteiger partial charge in [0.05, 0.1) is 83.7 Å². The van der Waals surface area contributed by atoms with Crippen LogP contribution in [-0.4, -0.2) is 158 Å². The smallest absolute Gasteiger partial charge is 0.330 e. The third-order valence-corrected chi connectivity index (χ3v) is 11.4. The average Bonchev–Trinajstić information content (AvgIpc) is 3.20. The number of hydrogen-bond acceptors (Lipinski definition) is 13. The van der Waals surface area contributed by atoms with Gasteiger partial charge in [-0.15, -0.1) is 0 Å². The summed E-state index contributed by atoms with van der Waals surface area (Å²) < 4.78 is 49.3. The molecule has 1 aromatic rings. The fraction of sp³-hybridized carbons (Fsp3) is 0.750. The van der Waals surface area contributed by atoms with Gasteiger partial charge in [0.25, 0.3) is 0 Å². The molecule has 1 fully saturated rings. The Morgan fingerprint density at radius 3 is 1.86 bits per heavy atom. The lowest BCUT2D eigenvalue weighted by molar-refractivity contribution is -0.131. The lowest BCUT2D eigenvalue weighted by Crippen LogP contribution is -2.53. The Bertz CT molecular complexity index is 1330. The molecule has 3 amide bonds. The monoisotopic (exact) mass is 844 g/mol. The highest BCUT2D eigenvalue weighted by Gasteiger charge is 2.33. The number of benzene rings is 1. The second-order valence-electron chi connectivity index (χ2n) is 14.5. The predicted octanol–water partition coefficient (Wildman–Crippen LogP) is 2.26. The van der Waals surface area contributed by atoms with Gasteiger partial charge in [0.15, 0.2) is 0 Å². The number of amides is 3. The number of carbonyl (C=O) groups excluding carboxylic acids is 4. The van der Waals surface area contributed by atoms with E-state index in [9.17, 15) is 28.6 Å². The summed E-state index contributed by atoms with van der Waals surface area (Å²) in [7, 11) is 1.06. The molecule has 58 heavy (non-hydrogen) atoms. The average molecular weight is 845 g/mol. The SMILES string of the molecule is COCCOCCCC(=O)CN(CC(=O)NCCOCCOC)[C@H](Cc1ccc(CNC(=O)C2CCC(OP(=O)(O)C(C)C)CC2)cc1)C(=O)NCCOCCOC. The molecule has 17 nitrogen and oxygen atoms in total. The summed E-state index contributed by atoms with van der Waals surface area (Å²) in [5.41, 5.74) is 1.17. The first-order valence-electron chi connectivity index (χ1n) is 20.3. The Balaban J connectivity index is 2.13. The minimum absolute atomic E-state index is 0.0804. The summed E-state index contributed by atoms with van der Waals surface area (Å²) in [4.78, 5) is 65.1. The quantitative estimate of drug-likeness (QED) is 0.0592. The van der Waals surface area contributed by atoms with E-state index in [2.05, 4.69) is 16.0 Å².